The van der Waals surface area contributed by atoms with Gasteiger partial charge in [-0.15, -0.1) is 11.3 Å². The van der Waals surface area contributed by atoms with Crippen LogP contribution in [0.3, 0.4) is 0 Å². The molecular formula is C57H35N5S. The molecule has 0 unspecified atom stereocenters. The summed E-state index contributed by atoms with van der Waals surface area (Å²) < 4.78 is 7.18. The van der Waals surface area contributed by atoms with E-state index in [4.69, 9.17) is 15.0 Å². The molecule has 0 saturated heterocycles. The molecule has 4 aromatic heterocycles. The molecule has 0 radical (unpaired) electrons. The Morgan fingerprint density at radius 3 is 1.60 bits per heavy atom. The van der Waals surface area contributed by atoms with Crippen molar-refractivity contribution in [2.24, 2.45) is 0 Å². The Labute approximate surface area is 366 Å². The van der Waals surface area contributed by atoms with Crippen LogP contribution in [0.25, 0.3) is 120 Å². The molecule has 13 rings (SSSR count). The molecule has 0 amide bonds. The average Bonchev–Trinajstić information content (AvgIpc) is 4.02. The summed E-state index contributed by atoms with van der Waals surface area (Å²) in [6.45, 7) is 0. The Hall–Kier alpha value is -8.19. The Balaban J connectivity index is 0.972. The number of hydrogen-bond acceptors (Lipinski definition) is 4. The highest BCUT2D eigenvalue weighted by atomic mass is 32.1. The van der Waals surface area contributed by atoms with Crippen molar-refractivity contribution in [2.45, 2.75) is 0 Å². The lowest BCUT2D eigenvalue weighted by atomic mass is 9.97. The van der Waals surface area contributed by atoms with Crippen LogP contribution in [0.5, 0.6) is 0 Å². The van der Waals surface area contributed by atoms with E-state index in [2.05, 4.69) is 203 Å². The molecule has 0 fully saturated rings. The van der Waals surface area contributed by atoms with E-state index in [0.29, 0.717) is 17.6 Å². The van der Waals surface area contributed by atoms with Gasteiger partial charge in [0.2, 0.25) is 5.95 Å². The molecule has 0 spiro atoms. The van der Waals surface area contributed by atoms with Crippen molar-refractivity contribution in [2.75, 3.05) is 0 Å². The molecule has 294 valence electrons. The Bertz CT molecular complexity index is 3880. The largest absolute Gasteiger partial charge is 0.309 e. The van der Waals surface area contributed by atoms with E-state index in [1.54, 1.807) is 0 Å². The summed E-state index contributed by atoms with van der Waals surface area (Å²) in [6, 6.07) is 75.7. The number of rotatable bonds is 6. The summed E-state index contributed by atoms with van der Waals surface area (Å²) in [5, 5.41) is 7.29. The molecule has 4 heterocycles. The maximum absolute atomic E-state index is 5.29. The van der Waals surface area contributed by atoms with Gasteiger partial charge in [0.05, 0.1) is 22.1 Å². The zero-order valence-corrected chi connectivity index (χ0v) is 34.7. The van der Waals surface area contributed by atoms with Gasteiger partial charge in [-0.1, -0.05) is 164 Å². The van der Waals surface area contributed by atoms with Gasteiger partial charge < -0.3 is 4.57 Å². The van der Waals surface area contributed by atoms with Gasteiger partial charge in [0.25, 0.3) is 0 Å². The summed E-state index contributed by atoms with van der Waals surface area (Å²) in [4.78, 5) is 15.6. The molecule has 6 heteroatoms. The summed E-state index contributed by atoms with van der Waals surface area (Å²) in [7, 11) is 0. The van der Waals surface area contributed by atoms with Crippen LogP contribution >= 0.6 is 11.3 Å². The first-order valence-electron chi connectivity index (χ1n) is 21.2. The first-order chi connectivity index (χ1) is 31.2. The zero-order chi connectivity index (χ0) is 41.4. The number of benzene rings is 9. The molecule has 0 saturated carbocycles. The molecule has 0 bridgehead atoms. The standard InChI is InChI=1S/C57H35N5S/c1-2-15-36(16-3-1)55-58-56(60-57(59-55)62-50-28-9-5-21-43(50)44-22-6-10-29-51(44)62)40-31-32-46-45-23-4-8-27-49(45)61(52(46)35-40)41-20-13-18-38(34-41)37-17-12-19-39(33-37)42-25-14-26-48-47-24-7-11-30-53(47)63-54(42)48/h1-35H. The van der Waals surface area contributed by atoms with Crippen molar-refractivity contribution in [3.05, 3.63) is 212 Å². The van der Waals surface area contributed by atoms with Crippen LogP contribution in [0.1, 0.15) is 0 Å². The van der Waals surface area contributed by atoms with Crippen LogP contribution in [0.4, 0.5) is 0 Å². The highest BCUT2D eigenvalue weighted by molar-refractivity contribution is 7.26. The molecule has 0 atom stereocenters. The third kappa shape index (κ3) is 5.73. The number of nitrogens with zero attached hydrogens (tertiary/aromatic N) is 5. The van der Waals surface area contributed by atoms with Gasteiger partial charge >= 0.3 is 0 Å². The lowest BCUT2D eigenvalue weighted by Crippen LogP contribution is -2.06. The van der Waals surface area contributed by atoms with E-state index in [-0.39, 0.29) is 0 Å². The predicted molar refractivity (Wildman–Crippen MR) is 263 cm³/mol. The Morgan fingerprint density at radius 1 is 0.317 bits per heavy atom. The van der Waals surface area contributed by atoms with Crippen molar-refractivity contribution in [1.29, 1.82) is 0 Å². The number of aromatic nitrogens is 5. The van der Waals surface area contributed by atoms with Gasteiger partial charge in [0, 0.05) is 58.5 Å². The average molecular weight is 822 g/mol. The Kier molecular flexibility index (Phi) is 8.01. The van der Waals surface area contributed by atoms with Gasteiger partial charge in [0.1, 0.15) is 0 Å². The minimum atomic E-state index is 0.579. The van der Waals surface area contributed by atoms with E-state index in [9.17, 15) is 0 Å². The van der Waals surface area contributed by atoms with E-state index >= 15 is 0 Å². The second kappa shape index (κ2) is 14.2. The monoisotopic (exact) mass is 821 g/mol. The third-order valence-electron chi connectivity index (χ3n) is 12.4. The lowest BCUT2D eigenvalue weighted by molar-refractivity contribution is 0.953. The van der Waals surface area contributed by atoms with Gasteiger partial charge in [0.15, 0.2) is 11.6 Å². The quantitative estimate of drug-likeness (QED) is 0.168. The SMILES string of the molecule is c1ccc(-c2nc(-c3ccc4c5ccccc5n(-c5cccc(-c6cccc(-c7cccc8c7sc7ccccc78)c6)c5)c4c3)nc(-n3c4ccccc4c4ccccc43)n2)cc1. The third-order valence-corrected chi connectivity index (χ3v) is 13.6. The van der Waals surface area contributed by atoms with Crippen molar-refractivity contribution in [3.8, 4) is 56.7 Å². The molecule has 0 aliphatic rings. The fourth-order valence-corrected chi connectivity index (χ4v) is 10.7. The van der Waals surface area contributed by atoms with E-state index in [1.807, 2.05) is 29.5 Å². The van der Waals surface area contributed by atoms with E-state index in [0.717, 1.165) is 60.6 Å². The summed E-state index contributed by atoms with van der Waals surface area (Å²) in [5.41, 5.74) is 12.0. The highest BCUT2D eigenvalue weighted by Gasteiger charge is 2.20. The second-order valence-electron chi connectivity index (χ2n) is 16.0. The van der Waals surface area contributed by atoms with Crippen molar-refractivity contribution in [3.63, 3.8) is 0 Å². The number of para-hydroxylation sites is 3. The highest BCUT2D eigenvalue weighted by Crippen LogP contribution is 2.41. The Morgan fingerprint density at radius 2 is 0.857 bits per heavy atom. The molecule has 0 N–H and O–H groups in total. The second-order valence-corrected chi connectivity index (χ2v) is 17.1. The van der Waals surface area contributed by atoms with Gasteiger partial charge in [-0.2, -0.15) is 9.97 Å². The van der Waals surface area contributed by atoms with Gasteiger partial charge in [-0.3, -0.25) is 4.57 Å². The lowest BCUT2D eigenvalue weighted by Gasteiger charge is -2.13. The van der Waals surface area contributed by atoms with Gasteiger partial charge in [-0.25, -0.2) is 4.98 Å². The van der Waals surface area contributed by atoms with Crippen molar-refractivity contribution >= 4 is 75.1 Å². The minimum Gasteiger partial charge on any atom is -0.309 e. The smallest absolute Gasteiger partial charge is 0.238 e. The molecule has 63 heavy (non-hydrogen) atoms. The van der Waals surface area contributed by atoms with Crippen LogP contribution in [0.15, 0.2) is 212 Å². The van der Waals surface area contributed by atoms with Crippen LogP contribution < -0.4 is 0 Å². The fourth-order valence-electron chi connectivity index (χ4n) is 9.50. The van der Waals surface area contributed by atoms with Crippen molar-refractivity contribution < 1.29 is 0 Å². The summed E-state index contributed by atoms with van der Waals surface area (Å²) in [5.74, 6) is 1.81. The maximum atomic E-state index is 5.29. The van der Waals surface area contributed by atoms with E-state index in [1.165, 1.54) is 42.2 Å². The zero-order valence-electron chi connectivity index (χ0n) is 33.9. The van der Waals surface area contributed by atoms with Crippen LogP contribution in [-0.2, 0) is 0 Å². The van der Waals surface area contributed by atoms with E-state index < -0.39 is 0 Å². The summed E-state index contributed by atoms with van der Waals surface area (Å²) >= 11 is 1.87. The maximum Gasteiger partial charge on any atom is 0.238 e. The topological polar surface area (TPSA) is 48.5 Å². The summed E-state index contributed by atoms with van der Waals surface area (Å²) in [6.07, 6.45) is 0. The number of thiophene rings is 1. The number of fused-ring (bicyclic) bond motifs is 9. The van der Waals surface area contributed by atoms with Gasteiger partial charge in [-0.05, 0) is 70.8 Å². The van der Waals surface area contributed by atoms with Crippen LogP contribution in [0, 0.1) is 0 Å². The first-order valence-corrected chi connectivity index (χ1v) is 22.0. The fraction of sp³-hybridized carbons (Fsp3) is 0. The molecule has 13 aromatic rings. The normalized spacial score (nSPS) is 11.8. The first kappa shape index (κ1) is 35.6. The molecule has 5 nitrogen and oxygen atoms in total. The van der Waals surface area contributed by atoms with Crippen molar-refractivity contribution in [1.82, 2.24) is 24.1 Å². The van der Waals surface area contributed by atoms with Crippen LogP contribution in [-0.4, -0.2) is 24.1 Å². The minimum absolute atomic E-state index is 0.579. The molecule has 9 aromatic carbocycles. The number of hydrogen-bond donors (Lipinski definition) is 0. The molecular weight excluding hydrogens is 787 g/mol. The van der Waals surface area contributed by atoms with Crippen LogP contribution in [0.2, 0.25) is 0 Å². The predicted octanol–water partition coefficient (Wildman–Crippen LogP) is 15.1. The molecule has 0 aliphatic carbocycles. The molecule has 0 aliphatic heterocycles.